The Morgan fingerprint density at radius 1 is 1.00 bits per heavy atom. The van der Waals surface area contributed by atoms with Crippen LogP contribution in [0.3, 0.4) is 0 Å². The fraction of sp³-hybridized carbons (Fsp3) is 1.00. The summed E-state index contributed by atoms with van der Waals surface area (Å²) in [7, 11) is 0. The summed E-state index contributed by atoms with van der Waals surface area (Å²) in [5.74, 6) is 2.01. The van der Waals surface area contributed by atoms with Crippen LogP contribution in [0.4, 0.5) is 0 Å². The van der Waals surface area contributed by atoms with Gasteiger partial charge in [-0.25, -0.2) is 0 Å². The SMILES string of the molecule is CCCCCCCCC1(CO)CC2CC2C1. The zero-order valence-electron chi connectivity index (χ0n) is 10.9. The summed E-state index contributed by atoms with van der Waals surface area (Å²) >= 11 is 0. The average Bonchev–Trinajstić information content (AvgIpc) is 2.92. The van der Waals surface area contributed by atoms with Crippen LogP contribution < -0.4 is 0 Å². The molecule has 2 rings (SSSR count). The summed E-state index contributed by atoms with van der Waals surface area (Å²) in [5, 5.41) is 9.60. The van der Waals surface area contributed by atoms with E-state index in [1.807, 2.05) is 0 Å². The molecule has 1 heteroatoms. The third kappa shape index (κ3) is 3.00. The lowest BCUT2D eigenvalue weighted by atomic mass is 9.79. The van der Waals surface area contributed by atoms with Crippen LogP contribution in [-0.4, -0.2) is 11.7 Å². The number of aliphatic hydroxyl groups excluding tert-OH is 1. The van der Waals surface area contributed by atoms with Crippen LogP contribution in [0.15, 0.2) is 0 Å². The van der Waals surface area contributed by atoms with Crippen LogP contribution in [0.25, 0.3) is 0 Å². The molecule has 0 saturated heterocycles. The highest BCUT2D eigenvalue weighted by atomic mass is 16.3. The molecular weight excluding hydrogens is 196 g/mol. The molecule has 2 aliphatic rings. The van der Waals surface area contributed by atoms with Crippen LogP contribution in [0, 0.1) is 17.3 Å². The molecule has 0 aromatic carbocycles. The third-order valence-electron chi connectivity index (χ3n) is 4.86. The van der Waals surface area contributed by atoms with Gasteiger partial charge in [0.05, 0.1) is 0 Å². The molecule has 0 heterocycles. The minimum atomic E-state index is 0.359. The molecule has 0 aromatic rings. The monoisotopic (exact) mass is 224 g/mol. The molecule has 0 radical (unpaired) electrons. The first-order valence-corrected chi connectivity index (χ1v) is 7.40. The van der Waals surface area contributed by atoms with Crippen LogP contribution in [-0.2, 0) is 0 Å². The van der Waals surface area contributed by atoms with E-state index in [1.165, 1.54) is 64.2 Å². The minimum absolute atomic E-state index is 0.359. The van der Waals surface area contributed by atoms with E-state index in [1.54, 1.807) is 0 Å². The Kier molecular flexibility index (Phi) is 4.29. The highest BCUT2D eigenvalue weighted by molar-refractivity contribution is 5.02. The third-order valence-corrected chi connectivity index (χ3v) is 4.86. The molecule has 0 aliphatic heterocycles. The van der Waals surface area contributed by atoms with Crippen molar-refractivity contribution in [3.8, 4) is 0 Å². The van der Waals surface area contributed by atoms with Crippen molar-refractivity contribution < 1.29 is 5.11 Å². The summed E-state index contributed by atoms with van der Waals surface area (Å²) in [6.07, 6.45) is 13.7. The zero-order chi connectivity index (χ0) is 11.4. The van der Waals surface area contributed by atoms with Crippen molar-refractivity contribution in [3.05, 3.63) is 0 Å². The Balaban J connectivity index is 1.57. The molecule has 94 valence electrons. The van der Waals surface area contributed by atoms with E-state index in [4.69, 9.17) is 0 Å². The van der Waals surface area contributed by atoms with Gasteiger partial charge < -0.3 is 5.11 Å². The Bertz CT molecular complexity index is 201. The summed E-state index contributed by atoms with van der Waals surface area (Å²) < 4.78 is 0. The highest BCUT2D eigenvalue weighted by Gasteiger charge is 2.52. The molecule has 2 fully saturated rings. The molecule has 1 nitrogen and oxygen atoms in total. The minimum Gasteiger partial charge on any atom is -0.396 e. The van der Waals surface area contributed by atoms with Gasteiger partial charge in [0.1, 0.15) is 0 Å². The van der Waals surface area contributed by atoms with Gasteiger partial charge in [-0.3, -0.25) is 0 Å². The van der Waals surface area contributed by atoms with Crippen LogP contribution in [0.5, 0.6) is 0 Å². The second-order valence-electron chi connectivity index (χ2n) is 6.34. The maximum Gasteiger partial charge on any atom is 0.0487 e. The smallest absolute Gasteiger partial charge is 0.0487 e. The molecule has 2 unspecified atom stereocenters. The Labute approximate surface area is 101 Å². The van der Waals surface area contributed by atoms with Crippen molar-refractivity contribution in [1.29, 1.82) is 0 Å². The first kappa shape index (κ1) is 12.4. The molecule has 16 heavy (non-hydrogen) atoms. The average molecular weight is 224 g/mol. The van der Waals surface area contributed by atoms with Crippen molar-refractivity contribution in [1.82, 2.24) is 0 Å². The van der Waals surface area contributed by atoms with Crippen molar-refractivity contribution in [2.24, 2.45) is 17.3 Å². The van der Waals surface area contributed by atoms with Gasteiger partial charge in [-0.05, 0) is 42.9 Å². The molecule has 0 aromatic heterocycles. The predicted octanol–water partition coefficient (Wildman–Crippen LogP) is 4.15. The van der Waals surface area contributed by atoms with E-state index in [2.05, 4.69) is 6.92 Å². The normalized spacial score (nSPS) is 36.4. The van der Waals surface area contributed by atoms with Gasteiger partial charge in [0, 0.05) is 6.61 Å². The van der Waals surface area contributed by atoms with Crippen LogP contribution in [0.2, 0.25) is 0 Å². The van der Waals surface area contributed by atoms with E-state index in [-0.39, 0.29) is 0 Å². The van der Waals surface area contributed by atoms with Gasteiger partial charge in [-0.1, -0.05) is 45.4 Å². The van der Waals surface area contributed by atoms with Crippen molar-refractivity contribution >= 4 is 0 Å². The second kappa shape index (κ2) is 5.53. The van der Waals surface area contributed by atoms with Crippen LogP contribution >= 0.6 is 0 Å². The number of aliphatic hydroxyl groups is 1. The molecule has 2 atom stereocenters. The predicted molar refractivity (Wildman–Crippen MR) is 68.3 cm³/mol. The molecule has 0 bridgehead atoms. The maximum atomic E-state index is 9.60. The van der Waals surface area contributed by atoms with Gasteiger partial charge in [0.25, 0.3) is 0 Å². The fourth-order valence-electron chi connectivity index (χ4n) is 3.70. The molecule has 2 saturated carbocycles. The summed E-state index contributed by atoms with van der Waals surface area (Å²) in [4.78, 5) is 0. The largest absolute Gasteiger partial charge is 0.396 e. The number of hydrogen-bond acceptors (Lipinski definition) is 1. The standard InChI is InChI=1S/C15H28O/c1-2-3-4-5-6-7-8-15(12-16)10-13-9-14(13)11-15/h13-14,16H,2-12H2,1H3. The molecule has 1 N–H and O–H groups in total. The van der Waals surface area contributed by atoms with Crippen molar-refractivity contribution in [2.75, 3.05) is 6.61 Å². The number of hydrogen-bond donors (Lipinski definition) is 1. The summed E-state index contributed by atoms with van der Waals surface area (Å²) in [6.45, 7) is 2.72. The van der Waals surface area contributed by atoms with E-state index in [0.29, 0.717) is 12.0 Å². The van der Waals surface area contributed by atoms with Crippen molar-refractivity contribution in [2.45, 2.75) is 71.1 Å². The van der Waals surface area contributed by atoms with Gasteiger partial charge in [-0.15, -0.1) is 0 Å². The quantitative estimate of drug-likeness (QED) is 0.614. The van der Waals surface area contributed by atoms with Gasteiger partial charge in [0.15, 0.2) is 0 Å². The first-order valence-electron chi connectivity index (χ1n) is 7.40. The highest BCUT2D eigenvalue weighted by Crippen LogP contribution is 2.61. The maximum absolute atomic E-state index is 9.60. The Hall–Kier alpha value is -0.0400. The number of rotatable bonds is 8. The molecule has 2 aliphatic carbocycles. The lowest BCUT2D eigenvalue weighted by molar-refractivity contribution is 0.104. The summed E-state index contributed by atoms with van der Waals surface area (Å²) in [6, 6.07) is 0. The molecule has 0 spiro atoms. The van der Waals surface area contributed by atoms with E-state index in [9.17, 15) is 5.11 Å². The Morgan fingerprint density at radius 3 is 2.25 bits per heavy atom. The topological polar surface area (TPSA) is 20.2 Å². The Morgan fingerprint density at radius 2 is 1.62 bits per heavy atom. The summed E-state index contributed by atoms with van der Waals surface area (Å²) in [5.41, 5.74) is 0.359. The lowest BCUT2D eigenvalue weighted by Gasteiger charge is -2.28. The van der Waals surface area contributed by atoms with E-state index in [0.717, 1.165) is 11.8 Å². The first-order chi connectivity index (χ1) is 7.79. The molecule has 0 amide bonds. The molecular formula is C15H28O. The lowest BCUT2D eigenvalue weighted by Crippen LogP contribution is -2.23. The van der Waals surface area contributed by atoms with Gasteiger partial charge in [-0.2, -0.15) is 0 Å². The second-order valence-corrected chi connectivity index (χ2v) is 6.34. The fourth-order valence-corrected chi connectivity index (χ4v) is 3.70. The van der Waals surface area contributed by atoms with Crippen molar-refractivity contribution in [3.63, 3.8) is 0 Å². The van der Waals surface area contributed by atoms with Crippen LogP contribution in [0.1, 0.15) is 71.1 Å². The van der Waals surface area contributed by atoms with Gasteiger partial charge in [0.2, 0.25) is 0 Å². The van der Waals surface area contributed by atoms with E-state index < -0.39 is 0 Å². The van der Waals surface area contributed by atoms with Gasteiger partial charge >= 0.3 is 0 Å². The number of unbranched alkanes of at least 4 members (excludes halogenated alkanes) is 5. The number of fused-ring (bicyclic) bond motifs is 1. The zero-order valence-corrected chi connectivity index (χ0v) is 10.9. The van der Waals surface area contributed by atoms with E-state index >= 15 is 0 Å².